The van der Waals surface area contributed by atoms with E-state index in [0.29, 0.717) is 36.2 Å². The highest BCUT2D eigenvalue weighted by Gasteiger charge is 2.35. The molecule has 7 heteroatoms. The fourth-order valence-electron chi connectivity index (χ4n) is 3.42. The van der Waals surface area contributed by atoms with E-state index in [2.05, 4.69) is 10.1 Å². The fourth-order valence-corrected chi connectivity index (χ4v) is 3.42. The minimum atomic E-state index is -0.147. The van der Waals surface area contributed by atoms with Crippen molar-refractivity contribution in [3.05, 3.63) is 53.9 Å². The largest absolute Gasteiger partial charge is 0.493 e. The van der Waals surface area contributed by atoms with Gasteiger partial charge < -0.3 is 18.9 Å². The van der Waals surface area contributed by atoms with Crippen LogP contribution in [0.5, 0.6) is 11.5 Å². The summed E-state index contributed by atoms with van der Waals surface area (Å²) in [5.41, 5.74) is 2.78. The highest BCUT2D eigenvalue weighted by atomic mass is 16.5. The molecule has 0 bridgehead atoms. The van der Waals surface area contributed by atoms with E-state index in [1.165, 1.54) is 0 Å². The molecule has 0 N–H and O–H groups in total. The summed E-state index contributed by atoms with van der Waals surface area (Å²) in [7, 11) is 3.15. The van der Waals surface area contributed by atoms with Crippen molar-refractivity contribution in [3.8, 4) is 22.9 Å². The Morgan fingerprint density at radius 1 is 1.11 bits per heavy atom. The Bertz CT molecular complexity index is 1010. The summed E-state index contributed by atoms with van der Waals surface area (Å²) >= 11 is 0. The van der Waals surface area contributed by atoms with Crippen molar-refractivity contribution in [3.63, 3.8) is 0 Å². The second-order valence-corrected chi connectivity index (χ2v) is 6.77. The lowest BCUT2D eigenvalue weighted by Gasteiger charge is -2.18. The number of anilines is 1. The van der Waals surface area contributed by atoms with Crippen LogP contribution in [0, 0.1) is 6.92 Å². The van der Waals surface area contributed by atoms with E-state index in [4.69, 9.17) is 14.0 Å². The molecule has 28 heavy (non-hydrogen) atoms. The summed E-state index contributed by atoms with van der Waals surface area (Å²) in [5, 5.41) is 4.09. The Morgan fingerprint density at radius 3 is 2.68 bits per heavy atom. The normalized spacial score (nSPS) is 16.5. The third-order valence-corrected chi connectivity index (χ3v) is 4.87. The number of methoxy groups -OCH3 is 2. The first-order valence-electron chi connectivity index (χ1n) is 9.02. The highest BCUT2D eigenvalue weighted by molar-refractivity contribution is 5.96. The van der Waals surface area contributed by atoms with E-state index < -0.39 is 0 Å². The number of rotatable bonds is 5. The maximum Gasteiger partial charge on any atom is 0.232 e. The Hall–Kier alpha value is -3.35. The quantitative estimate of drug-likeness (QED) is 0.674. The zero-order valence-electron chi connectivity index (χ0n) is 16.0. The molecule has 1 aliphatic rings. The number of aryl methyl sites for hydroxylation is 1. The maximum atomic E-state index is 12.6. The minimum absolute atomic E-state index is 0.00697. The van der Waals surface area contributed by atoms with E-state index in [-0.39, 0.29) is 11.8 Å². The van der Waals surface area contributed by atoms with Gasteiger partial charge in [-0.2, -0.15) is 4.98 Å². The van der Waals surface area contributed by atoms with Gasteiger partial charge in [0.25, 0.3) is 0 Å². The molecule has 0 spiro atoms. The standard InChI is InChI=1S/C21H21N3O4/c1-13-5-4-6-14(9-13)20-22-21(28-23-20)15-10-19(25)24(12-15)16-7-8-17(26-2)18(11-16)27-3/h4-9,11,15H,10,12H2,1-3H3. The van der Waals surface area contributed by atoms with Crippen LogP contribution in [-0.4, -0.2) is 36.8 Å². The van der Waals surface area contributed by atoms with Gasteiger partial charge >= 0.3 is 0 Å². The van der Waals surface area contributed by atoms with Crippen LogP contribution in [0.4, 0.5) is 5.69 Å². The van der Waals surface area contributed by atoms with Crippen LogP contribution >= 0.6 is 0 Å². The first kappa shape index (κ1) is 18.0. The highest BCUT2D eigenvalue weighted by Crippen LogP contribution is 2.36. The lowest BCUT2D eigenvalue weighted by Crippen LogP contribution is -2.24. The lowest BCUT2D eigenvalue weighted by atomic mass is 10.1. The number of carbonyl (C=O) groups excluding carboxylic acids is 1. The van der Waals surface area contributed by atoms with E-state index in [1.807, 2.05) is 37.3 Å². The second-order valence-electron chi connectivity index (χ2n) is 6.77. The average Bonchev–Trinajstić information content (AvgIpc) is 3.34. The van der Waals surface area contributed by atoms with Gasteiger partial charge in [0.1, 0.15) is 0 Å². The van der Waals surface area contributed by atoms with Crippen LogP contribution in [-0.2, 0) is 4.79 Å². The number of nitrogens with zero attached hydrogens (tertiary/aromatic N) is 3. The van der Waals surface area contributed by atoms with Crippen molar-refractivity contribution < 1.29 is 18.8 Å². The smallest absolute Gasteiger partial charge is 0.232 e. The fraction of sp³-hybridized carbons (Fsp3) is 0.286. The van der Waals surface area contributed by atoms with Gasteiger partial charge in [-0.1, -0.05) is 28.9 Å². The summed E-state index contributed by atoms with van der Waals surface area (Å²) in [4.78, 5) is 18.8. The van der Waals surface area contributed by atoms with Crippen LogP contribution in [0.15, 0.2) is 47.0 Å². The van der Waals surface area contributed by atoms with Gasteiger partial charge in [-0.15, -0.1) is 0 Å². The van der Waals surface area contributed by atoms with Crippen molar-refractivity contribution in [2.75, 3.05) is 25.7 Å². The van der Waals surface area contributed by atoms with Gasteiger partial charge in [-0.25, -0.2) is 0 Å². The number of hydrogen-bond donors (Lipinski definition) is 0. The third-order valence-electron chi connectivity index (χ3n) is 4.87. The lowest BCUT2D eigenvalue weighted by molar-refractivity contribution is -0.117. The van der Waals surface area contributed by atoms with Gasteiger partial charge in [0.05, 0.1) is 20.1 Å². The summed E-state index contributed by atoms with van der Waals surface area (Å²) in [6.07, 6.45) is 0.323. The summed E-state index contributed by atoms with van der Waals surface area (Å²) in [6.45, 7) is 2.49. The molecule has 144 valence electrons. The number of ether oxygens (including phenoxy) is 2. The van der Waals surface area contributed by atoms with Gasteiger partial charge in [0.15, 0.2) is 11.5 Å². The maximum absolute atomic E-state index is 12.6. The molecular weight excluding hydrogens is 358 g/mol. The zero-order valence-corrected chi connectivity index (χ0v) is 16.0. The van der Waals surface area contributed by atoms with Gasteiger partial charge in [-0.05, 0) is 25.1 Å². The number of amides is 1. The van der Waals surface area contributed by atoms with E-state index in [0.717, 1.165) is 16.8 Å². The minimum Gasteiger partial charge on any atom is -0.493 e. The summed E-state index contributed by atoms with van der Waals surface area (Å²) in [6, 6.07) is 13.3. The molecule has 1 atom stereocenters. The van der Waals surface area contributed by atoms with E-state index in [9.17, 15) is 4.79 Å². The van der Waals surface area contributed by atoms with Crippen LogP contribution in [0.2, 0.25) is 0 Å². The van der Waals surface area contributed by atoms with Gasteiger partial charge in [-0.3, -0.25) is 4.79 Å². The number of carbonyl (C=O) groups is 1. The number of hydrogen-bond acceptors (Lipinski definition) is 6. The summed E-state index contributed by atoms with van der Waals surface area (Å²) < 4.78 is 16.1. The monoisotopic (exact) mass is 379 g/mol. The molecule has 0 aliphatic carbocycles. The second kappa shape index (κ2) is 7.34. The van der Waals surface area contributed by atoms with Crippen LogP contribution in [0.1, 0.15) is 23.8 Å². The topological polar surface area (TPSA) is 77.7 Å². The van der Waals surface area contributed by atoms with Crippen LogP contribution < -0.4 is 14.4 Å². The van der Waals surface area contributed by atoms with E-state index in [1.54, 1.807) is 31.3 Å². The Labute approximate surface area is 162 Å². The molecule has 1 amide bonds. The SMILES string of the molecule is COc1ccc(N2CC(c3nc(-c4cccc(C)c4)no3)CC2=O)cc1OC. The molecule has 4 rings (SSSR count). The molecule has 7 nitrogen and oxygen atoms in total. The van der Waals surface area contributed by atoms with Crippen molar-refractivity contribution in [2.45, 2.75) is 19.3 Å². The third kappa shape index (κ3) is 3.31. The number of aromatic nitrogens is 2. The van der Waals surface area contributed by atoms with Gasteiger partial charge in [0.2, 0.25) is 17.6 Å². The van der Waals surface area contributed by atoms with Crippen molar-refractivity contribution in [1.29, 1.82) is 0 Å². The number of benzene rings is 2. The van der Waals surface area contributed by atoms with E-state index >= 15 is 0 Å². The molecule has 3 aromatic rings. The molecule has 0 radical (unpaired) electrons. The molecule has 0 saturated carbocycles. The molecule has 1 fully saturated rings. The molecule has 1 aromatic heterocycles. The summed E-state index contributed by atoms with van der Waals surface area (Å²) in [5.74, 6) is 2.08. The molecule has 1 unspecified atom stereocenters. The predicted molar refractivity (Wildman–Crippen MR) is 104 cm³/mol. The van der Waals surface area contributed by atoms with Crippen molar-refractivity contribution >= 4 is 11.6 Å². The van der Waals surface area contributed by atoms with Gasteiger partial charge in [0, 0.05) is 30.3 Å². The molecule has 2 heterocycles. The zero-order chi connectivity index (χ0) is 19.7. The first-order chi connectivity index (χ1) is 13.6. The van der Waals surface area contributed by atoms with Crippen LogP contribution in [0.3, 0.4) is 0 Å². The Morgan fingerprint density at radius 2 is 1.93 bits per heavy atom. The van der Waals surface area contributed by atoms with Crippen LogP contribution in [0.25, 0.3) is 11.4 Å². The average molecular weight is 379 g/mol. The molecule has 1 saturated heterocycles. The molecule has 1 aliphatic heterocycles. The predicted octanol–water partition coefficient (Wildman–Crippen LogP) is 3.58. The van der Waals surface area contributed by atoms with Crippen molar-refractivity contribution in [2.24, 2.45) is 0 Å². The molecular formula is C21H21N3O4. The Kier molecular flexibility index (Phi) is 4.73. The Balaban J connectivity index is 1.56. The van der Waals surface area contributed by atoms with Crippen molar-refractivity contribution in [1.82, 2.24) is 10.1 Å². The first-order valence-corrected chi connectivity index (χ1v) is 9.02. The molecule has 2 aromatic carbocycles.